The van der Waals surface area contributed by atoms with Crippen LogP contribution in [0.5, 0.6) is 0 Å². The second-order valence-electron chi connectivity index (χ2n) is 6.48. The Kier molecular flexibility index (Phi) is 4.18. The summed E-state index contributed by atoms with van der Waals surface area (Å²) in [7, 11) is 0. The third-order valence-electron chi connectivity index (χ3n) is 4.62. The second-order valence-corrected chi connectivity index (χ2v) is 6.92. The lowest BCUT2D eigenvalue weighted by molar-refractivity contribution is -0.00112. The minimum Gasteiger partial charge on any atom is -0.365 e. The molecule has 0 N–H and O–H groups in total. The van der Waals surface area contributed by atoms with Crippen molar-refractivity contribution >= 4 is 11.6 Å². The summed E-state index contributed by atoms with van der Waals surface area (Å²) in [6.07, 6.45) is -0.102. The van der Waals surface area contributed by atoms with Gasteiger partial charge < -0.3 is 9.26 Å². The van der Waals surface area contributed by atoms with E-state index in [9.17, 15) is 4.39 Å². The molecule has 0 saturated heterocycles. The predicted molar refractivity (Wildman–Crippen MR) is 99.9 cm³/mol. The minimum absolute atomic E-state index is 0.102. The maximum Gasteiger partial charge on any atom is 0.278 e. The lowest BCUT2D eigenvalue weighted by atomic mass is 10.1. The lowest BCUT2D eigenvalue weighted by Crippen LogP contribution is -2.21. The first-order valence-electron chi connectivity index (χ1n) is 8.69. The molecule has 1 atom stereocenters. The number of fused-ring (bicyclic) bond motifs is 1. The van der Waals surface area contributed by atoms with Crippen molar-refractivity contribution in [3.05, 3.63) is 76.7 Å². The number of aromatic nitrogens is 4. The topological polar surface area (TPSA) is 66.0 Å². The molecule has 140 valence electrons. The maximum absolute atomic E-state index is 13.1. The van der Waals surface area contributed by atoms with Crippen LogP contribution in [0.25, 0.3) is 23.0 Å². The highest BCUT2D eigenvalue weighted by Crippen LogP contribution is 2.30. The van der Waals surface area contributed by atoms with Gasteiger partial charge in [-0.3, -0.25) is 4.68 Å². The zero-order chi connectivity index (χ0) is 19.1. The highest BCUT2D eigenvalue weighted by Gasteiger charge is 2.24. The summed E-state index contributed by atoms with van der Waals surface area (Å²) in [5.74, 6) is 0.380. The monoisotopic (exact) mass is 396 g/mol. The third-order valence-corrected chi connectivity index (χ3v) is 4.88. The number of benzene rings is 2. The fourth-order valence-corrected chi connectivity index (χ4v) is 3.28. The van der Waals surface area contributed by atoms with Gasteiger partial charge in [0.1, 0.15) is 11.9 Å². The average Bonchev–Trinajstić information content (AvgIpc) is 3.35. The smallest absolute Gasteiger partial charge is 0.278 e. The van der Waals surface area contributed by atoms with Crippen molar-refractivity contribution in [1.82, 2.24) is 19.9 Å². The first kappa shape index (κ1) is 17.1. The van der Waals surface area contributed by atoms with Crippen molar-refractivity contribution in [2.45, 2.75) is 19.3 Å². The summed E-state index contributed by atoms with van der Waals surface area (Å²) in [6.45, 7) is 1.01. The molecule has 0 aliphatic carbocycles. The molecule has 2 aromatic heterocycles. The summed E-state index contributed by atoms with van der Waals surface area (Å²) in [4.78, 5) is 4.38. The summed E-state index contributed by atoms with van der Waals surface area (Å²) >= 11 is 5.96. The van der Waals surface area contributed by atoms with Gasteiger partial charge in [0, 0.05) is 10.6 Å². The molecule has 4 aromatic rings. The Hall–Kier alpha value is -3.03. The van der Waals surface area contributed by atoms with Gasteiger partial charge in [0.25, 0.3) is 5.89 Å². The SMILES string of the molecule is Fc1ccc(-c2noc(-c3cc4n(n3)CC(c3ccc(Cl)cc3)OC4)n2)cc1. The molecule has 2 aromatic carbocycles. The molecule has 8 heteroatoms. The van der Waals surface area contributed by atoms with Gasteiger partial charge in [-0.05, 0) is 48.0 Å². The van der Waals surface area contributed by atoms with Gasteiger partial charge in [-0.2, -0.15) is 10.1 Å². The Balaban J connectivity index is 1.39. The summed E-state index contributed by atoms with van der Waals surface area (Å²) in [5.41, 5.74) is 3.23. The standard InChI is InChI=1S/C20H14ClFN4O2/c21-14-5-1-12(2-6-14)18-10-26-16(11-27-18)9-17(24-26)20-23-19(25-28-20)13-3-7-15(22)8-4-13/h1-9,18H,10-11H2. The lowest BCUT2D eigenvalue weighted by Gasteiger charge is -2.24. The van der Waals surface area contributed by atoms with E-state index in [2.05, 4.69) is 15.2 Å². The molecule has 3 heterocycles. The summed E-state index contributed by atoms with van der Waals surface area (Å²) in [6, 6.07) is 15.4. The summed E-state index contributed by atoms with van der Waals surface area (Å²) < 4.78 is 26.3. The fraction of sp³-hybridized carbons (Fsp3) is 0.150. The van der Waals surface area contributed by atoms with Crippen LogP contribution in [0.15, 0.2) is 59.1 Å². The van der Waals surface area contributed by atoms with Gasteiger partial charge in [-0.15, -0.1) is 0 Å². The molecule has 1 unspecified atom stereocenters. The molecule has 28 heavy (non-hydrogen) atoms. The van der Waals surface area contributed by atoms with E-state index in [1.807, 2.05) is 35.0 Å². The van der Waals surface area contributed by atoms with E-state index in [1.165, 1.54) is 12.1 Å². The molecule has 0 radical (unpaired) electrons. The highest BCUT2D eigenvalue weighted by molar-refractivity contribution is 6.30. The van der Waals surface area contributed by atoms with Gasteiger partial charge in [0.15, 0.2) is 5.69 Å². The Morgan fingerprint density at radius 3 is 2.64 bits per heavy atom. The van der Waals surface area contributed by atoms with Crippen LogP contribution in [0.2, 0.25) is 5.02 Å². The van der Waals surface area contributed by atoms with Crippen molar-refractivity contribution in [3.63, 3.8) is 0 Å². The van der Waals surface area contributed by atoms with E-state index in [0.717, 1.165) is 11.3 Å². The molecule has 0 saturated carbocycles. The molecule has 1 aliphatic rings. The fourth-order valence-electron chi connectivity index (χ4n) is 3.15. The number of hydrogen-bond donors (Lipinski definition) is 0. The minimum atomic E-state index is -0.315. The Morgan fingerprint density at radius 1 is 1.07 bits per heavy atom. The van der Waals surface area contributed by atoms with Crippen LogP contribution in [0.1, 0.15) is 17.4 Å². The van der Waals surface area contributed by atoms with Gasteiger partial charge in [0.2, 0.25) is 5.82 Å². The van der Waals surface area contributed by atoms with Crippen LogP contribution in [-0.2, 0) is 17.9 Å². The van der Waals surface area contributed by atoms with E-state index in [-0.39, 0.29) is 11.9 Å². The molecule has 1 aliphatic heterocycles. The molecule has 0 amide bonds. The van der Waals surface area contributed by atoms with Crippen LogP contribution in [-0.4, -0.2) is 19.9 Å². The van der Waals surface area contributed by atoms with Gasteiger partial charge in [-0.1, -0.05) is 28.9 Å². The van der Waals surface area contributed by atoms with E-state index in [1.54, 1.807) is 12.1 Å². The molecule has 0 spiro atoms. The Morgan fingerprint density at radius 2 is 1.86 bits per heavy atom. The number of nitrogens with zero attached hydrogens (tertiary/aromatic N) is 4. The molecule has 6 nitrogen and oxygen atoms in total. The highest BCUT2D eigenvalue weighted by atomic mass is 35.5. The van der Waals surface area contributed by atoms with E-state index < -0.39 is 0 Å². The van der Waals surface area contributed by atoms with Crippen molar-refractivity contribution < 1.29 is 13.7 Å². The van der Waals surface area contributed by atoms with Crippen LogP contribution >= 0.6 is 11.6 Å². The number of rotatable bonds is 3. The predicted octanol–water partition coefficient (Wildman–Crippen LogP) is 4.66. The van der Waals surface area contributed by atoms with Crippen LogP contribution in [0.4, 0.5) is 4.39 Å². The van der Waals surface area contributed by atoms with Crippen molar-refractivity contribution in [3.8, 4) is 23.0 Å². The van der Waals surface area contributed by atoms with E-state index >= 15 is 0 Å². The molecular weight excluding hydrogens is 383 g/mol. The third kappa shape index (κ3) is 3.19. The molecular formula is C20H14ClFN4O2. The Bertz CT molecular complexity index is 1120. The van der Waals surface area contributed by atoms with Gasteiger partial charge in [0.05, 0.1) is 18.8 Å². The number of ether oxygens (including phenoxy) is 1. The van der Waals surface area contributed by atoms with Crippen LogP contribution < -0.4 is 0 Å². The Labute approximate surface area is 164 Å². The number of hydrogen-bond acceptors (Lipinski definition) is 5. The van der Waals surface area contributed by atoms with E-state index in [4.69, 9.17) is 20.9 Å². The normalized spacial score (nSPS) is 16.1. The van der Waals surface area contributed by atoms with Gasteiger partial charge in [-0.25, -0.2) is 4.39 Å². The van der Waals surface area contributed by atoms with Gasteiger partial charge >= 0.3 is 0 Å². The largest absolute Gasteiger partial charge is 0.365 e. The van der Waals surface area contributed by atoms with Crippen molar-refractivity contribution in [2.24, 2.45) is 0 Å². The first-order chi connectivity index (χ1) is 13.7. The first-order valence-corrected chi connectivity index (χ1v) is 9.07. The van der Waals surface area contributed by atoms with Crippen LogP contribution in [0.3, 0.4) is 0 Å². The zero-order valence-electron chi connectivity index (χ0n) is 14.5. The molecule has 5 rings (SSSR count). The quantitative estimate of drug-likeness (QED) is 0.503. The number of halogens is 2. The van der Waals surface area contributed by atoms with E-state index in [0.29, 0.717) is 41.1 Å². The van der Waals surface area contributed by atoms with Crippen molar-refractivity contribution in [1.29, 1.82) is 0 Å². The second kappa shape index (κ2) is 6.85. The maximum atomic E-state index is 13.1. The van der Waals surface area contributed by atoms with Crippen molar-refractivity contribution in [2.75, 3.05) is 0 Å². The molecule has 0 fully saturated rings. The average molecular weight is 397 g/mol. The van der Waals surface area contributed by atoms with Crippen LogP contribution in [0, 0.1) is 5.82 Å². The molecule has 0 bridgehead atoms. The summed E-state index contributed by atoms with van der Waals surface area (Å²) in [5, 5.41) is 9.25. The zero-order valence-corrected chi connectivity index (χ0v) is 15.3.